The molecule has 0 saturated carbocycles. The highest BCUT2D eigenvalue weighted by Gasteiger charge is 2.85. The number of benzene rings is 2. The first-order valence-electron chi connectivity index (χ1n) is 10.5. The van der Waals surface area contributed by atoms with E-state index >= 15 is 0 Å². The van der Waals surface area contributed by atoms with Gasteiger partial charge in [0.05, 0.1) is 11.1 Å². The van der Waals surface area contributed by atoms with E-state index in [0.29, 0.717) is 33.2 Å². The Morgan fingerprint density at radius 3 is 2.00 bits per heavy atom. The van der Waals surface area contributed by atoms with Gasteiger partial charge in [-0.05, 0) is 38.0 Å². The van der Waals surface area contributed by atoms with Crippen molar-refractivity contribution >= 4 is 31.5 Å². The molecule has 0 fully saturated rings. The van der Waals surface area contributed by atoms with Crippen LogP contribution in [0.2, 0.25) is 0 Å². The van der Waals surface area contributed by atoms with E-state index < -0.39 is 39.5 Å². The van der Waals surface area contributed by atoms with Gasteiger partial charge in [0.2, 0.25) is 5.69 Å². The SMILES string of the molecule is Cc1cc(C)c(C)c(-c2c3sc4c5c(ccc4c3cc[n+]2C)C(F)(F)C(F)(F)C(F)(F)C5(F)F)c1. The quantitative estimate of drug-likeness (QED) is 0.179. The number of thiophene rings is 1. The van der Waals surface area contributed by atoms with Crippen molar-refractivity contribution in [2.45, 2.75) is 44.5 Å². The molecule has 1 nitrogen and oxygen atoms in total. The summed E-state index contributed by atoms with van der Waals surface area (Å²) in [6.45, 7) is 5.65. The molecule has 2 heterocycles. The molecule has 0 radical (unpaired) electrons. The van der Waals surface area contributed by atoms with Gasteiger partial charge in [0, 0.05) is 27.1 Å². The predicted octanol–water partition coefficient (Wildman–Crippen LogP) is 7.94. The van der Waals surface area contributed by atoms with Gasteiger partial charge < -0.3 is 0 Å². The zero-order chi connectivity index (χ0) is 25.9. The fourth-order valence-corrected chi connectivity index (χ4v) is 6.31. The first-order chi connectivity index (χ1) is 16.1. The van der Waals surface area contributed by atoms with E-state index in [-0.39, 0.29) is 5.39 Å². The lowest BCUT2D eigenvalue weighted by molar-refractivity contribution is -0.659. The van der Waals surface area contributed by atoms with Gasteiger partial charge in [-0.2, -0.15) is 39.7 Å². The molecule has 0 unspecified atom stereocenters. The minimum absolute atomic E-state index is 0.0177. The largest absolute Gasteiger partial charge is 0.383 e. The lowest BCUT2D eigenvalue weighted by Gasteiger charge is -2.42. The Morgan fingerprint density at radius 2 is 1.34 bits per heavy atom. The predicted molar refractivity (Wildman–Crippen MR) is 118 cm³/mol. The van der Waals surface area contributed by atoms with Crippen LogP contribution in [0.3, 0.4) is 0 Å². The molecule has 4 aromatic rings. The van der Waals surface area contributed by atoms with Crippen LogP contribution in [0, 0.1) is 20.8 Å². The average molecular weight is 516 g/mol. The zero-order valence-corrected chi connectivity index (χ0v) is 19.7. The molecule has 1 aliphatic carbocycles. The molecule has 0 aliphatic heterocycles. The molecule has 0 bridgehead atoms. The third kappa shape index (κ3) is 2.77. The molecule has 35 heavy (non-hydrogen) atoms. The number of hydrogen-bond acceptors (Lipinski definition) is 1. The number of fused-ring (bicyclic) bond motifs is 5. The van der Waals surface area contributed by atoms with Crippen LogP contribution in [0.25, 0.3) is 31.4 Å². The summed E-state index contributed by atoms with van der Waals surface area (Å²) in [5.74, 6) is -23.6. The van der Waals surface area contributed by atoms with Crippen LogP contribution < -0.4 is 4.57 Å². The second-order valence-electron chi connectivity index (χ2n) is 9.04. The van der Waals surface area contributed by atoms with Crippen LogP contribution in [-0.4, -0.2) is 11.8 Å². The maximum atomic E-state index is 15.0. The fourth-order valence-electron chi connectivity index (χ4n) is 4.83. The smallest absolute Gasteiger partial charge is 0.200 e. The van der Waals surface area contributed by atoms with E-state index in [9.17, 15) is 35.1 Å². The minimum Gasteiger partial charge on any atom is -0.200 e. The third-order valence-corrected chi connectivity index (χ3v) is 8.08. The fraction of sp³-hybridized carbons (Fsp3) is 0.320. The molecule has 0 N–H and O–H groups in total. The highest BCUT2D eigenvalue weighted by atomic mass is 32.1. The summed E-state index contributed by atoms with van der Waals surface area (Å²) >= 11 is 0.624. The Kier molecular flexibility index (Phi) is 4.74. The van der Waals surface area contributed by atoms with Gasteiger partial charge in [0.1, 0.15) is 11.7 Å². The Bertz CT molecular complexity index is 1550. The van der Waals surface area contributed by atoms with Gasteiger partial charge in [-0.1, -0.05) is 23.8 Å². The van der Waals surface area contributed by atoms with Crippen molar-refractivity contribution in [2.24, 2.45) is 7.05 Å². The number of halogens is 8. The molecule has 2 aromatic heterocycles. The second kappa shape index (κ2) is 6.93. The summed E-state index contributed by atoms with van der Waals surface area (Å²) in [6, 6.07) is 6.85. The number of rotatable bonds is 1. The van der Waals surface area contributed by atoms with Crippen molar-refractivity contribution < 1.29 is 39.7 Å². The minimum atomic E-state index is -6.29. The first kappa shape index (κ1) is 24.0. The molecule has 0 atom stereocenters. The summed E-state index contributed by atoms with van der Waals surface area (Å²) in [5.41, 5.74) is 0.569. The summed E-state index contributed by atoms with van der Waals surface area (Å²) in [6.07, 6.45) is 1.65. The Hall–Kier alpha value is -2.75. The van der Waals surface area contributed by atoms with Crippen LogP contribution in [-0.2, 0) is 18.9 Å². The van der Waals surface area contributed by atoms with Gasteiger partial charge in [0.25, 0.3) is 0 Å². The molecule has 10 heteroatoms. The van der Waals surface area contributed by atoms with Gasteiger partial charge >= 0.3 is 23.7 Å². The monoisotopic (exact) mass is 516 g/mol. The normalized spacial score (nSPS) is 19.8. The zero-order valence-electron chi connectivity index (χ0n) is 18.8. The molecule has 0 saturated heterocycles. The van der Waals surface area contributed by atoms with Crippen LogP contribution in [0.15, 0.2) is 36.5 Å². The van der Waals surface area contributed by atoms with E-state index in [1.807, 2.05) is 32.9 Å². The molecule has 0 amide bonds. The topological polar surface area (TPSA) is 3.88 Å². The third-order valence-electron chi connectivity index (χ3n) is 6.83. The lowest BCUT2D eigenvalue weighted by atomic mass is 9.79. The highest BCUT2D eigenvalue weighted by molar-refractivity contribution is 7.26. The number of alkyl halides is 8. The maximum absolute atomic E-state index is 15.0. The van der Waals surface area contributed by atoms with Crippen molar-refractivity contribution in [3.63, 3.8) is 0 Å². The van der Waals surface area contributed by atoms with E-state index in [4.69, 9.17) is 0 Å². The standard InChI is InChI=1S/C25H18F8NS/c1-11-9-12(2)13(3)16(10-11)19-21-15(7-8-34(19)4)14-5-6-17-18(20(14)35-21)23(28,29)25(32,33)24(30,31)22(17,26)27/h5-10H,1-4H3/q+1. The Balaban J connectivity index is 1.96. The van der Waals surface area contributed by atoms with Crippen LogP contribution in [0.1, 0.15) is 27.8 Å². The molecule has 5 rings (SSSR count). The van der Waals surface area contributed by atoms with E-state index in [1.165, 1.54) is 0 Å². The van der Waals surface area contributed by atoms with Crippen molar-refractivity contribution in [3.05, 3.63) is 64.3 Å². The summed E-state index contributed by atoms with van der Waals surface area (Å²) in [5, 5.41) is 0.392. The number of hydrogen-bond donors (Lipinski definition) is 0. The number of nitrogens with zero attached hydrogens (tertiary/aromatic N) is 1. The Labute approximate surface area is 198 Å². The van der Waals surface area contributed by atoms with Crippen LogP contribution in [0.5, 0.6) is 0 Å². The molecular weight excluding hydrogens is 498 g/mol. The number of pyridine rings is 1. The van der Waals surface area contributed by atoms with E-state index in [2.05, 4.69) is 0 Å². The van der Waals surface area contributed by atoms with Gasteiger partial charge in [-0.25, -0.2) is 0 Å². The van der Waals surface area contributed by atoms with Crippen LogP contribution in [0.4, 0.5) is 35.1 Å². The van der Waals surface area contributed by atoms with Gasteiger partial charge in [-0.3, -0.25) is 0 Å². The van der Waals surface area contributed by atoms with Crippen LogP contribution >= 0.6 is 11.3 Å². The van der Waals surface area contributed by atoms with Gasteiger partial charge in [0.15, 0.2) is 6.20 Å². The Morgan fingerprint density at radius 1 is 0.743 bits per heavy atom. The first-order valence-corrected chi connectivity index (χ1v) is 11.4. The van der Waals surface area contributed by atoms with E-state index in [1.54, 1.807) is 23.9 Å². The molecule has 0 spiro atoms. The lowest BCUT2D eigenvalue weighted by Crippen LogP contribution is -2.63. The molecule has 184 valence electrons. The maximum Gasteiger partial charge on any atom is 0.383 e. The van der Waals surface area contributed by atoms with Crippen molar-refractivity contribution in [3.8, 4) is 11.3 Å². The van der Waals surface area contributed by atoms with E-state index in [0.717, 1.165) is 28.3 Å². The molecular formula is C25H18F8NS+. The second-order valence-corrected chi connectivity index (χ2v) is 10.1. The van der Waals surface area contributed by atoms with Crippen molar-refractivity contribution in [2.75, 3.05) is 0 Å². The summed E-state index contributed by atoms with van der Waals surface area (Å²) in [4.78, 5) is 0. The highest BCUT2D eigenvalue weighted by Crippen LogP contribution is 2.66. The van der Waals surface area contributed by atoms with Crippen molar-refractivity contribution in [1.29, 1.82) is 0 Å². The van der Waals surface area contributed by atoms with Crippen molar-refractivity contribution in [1.82, 2.24) is 0 Å². The van der Waals surface area contributed by atoms with Gasteiger partial charge in [-0.15, -0.1) is 11.3 Å². The number of aromatic nitrogens is 1. The molecule has 2 aromatic carbocycles. The summed E-state index contributed by atoms with van der Waals surface area (Å²) < 4.78 is 117. The average Bonchev–Trinajstić information content (AvgIpc) is 3.13. The number of aryl methyl sites for hydroxylation is 3. The molecule has 1 aliphatic rings. The summed E-state index contributed by atoms with van der Waals surface area (Å²) in [7, 11) is 1.71.